The van der Waals surface area contributed by atoms with Crippen LogP contribution in [0.3, 0.4) is 0 Å². The zero-order valence-corrected chi connectivity index (χ0v) is 14.0. The van der Waals surface area contributed by atoms with Gasteiger partial charge in [0, 0.05) is 25.2 Å². The van der Waals surface area contributed by atoms with Crippen molar-refractivity contribution in [3.8, 4) is 0 Å². The smallest absolute Gasteiger partial charge is 0.228 e. The number of benzene rings is 1. The van der Waals surface area contributed by atoms with Crippen molar-refractivity contribution in [2.24, 2.45) is 5.92 Å². The Bertz CT molecular complexity index is 629. The molecule has 124 valence electrons. The molecular weight excluding hydrogens is 292 g/mol. The molecule has 2 heterocycles. The number of amides is 2. The Balaban J connectivity index is 1.77. The van der Waals surface area contributed by atoms with E-state index in [1.807, 2.05) is 43.9 Å². The number of hydrogen-bond donors (Lipinski definition) is 0. The predicted molar refractivity (Wildman–Crippen MR) is 88.4 cm³/mol. The summed E-state index contributed by atoms with van der Waals surface area (Å²) in [6, 6.07) is 6.05. The third-order valence-corrected chi connectivity index (χ3v) is 4.99. The zero-order valence-electron chi connectivity index (χ0n) is 14.0. The van der Waals surface area contributed by atoms with E-state index in [1.165, 1.54) is 0 Å². The van der Waals surface area contributed by atoms with E-state index < -0.39 is 0 Å². The number of nitrogens with zero attached hydrogens (tertiary/aromatic N) is 2. The van der Waals surface area contributed by atoms with Gasteiger partial charge in [-0.3, -0.25) is 9.59 Å². The first-order chi connectivity index (χ1) is 11.0. The van der Waals surface area contributed by atoms with Gasteiger partial charge >= 0.3 is 0 Å². The van der Waals surface area contributed by atoms with Gasteiger partial charge in [-0.25, -0.2) is 0 Å². The van der Waals surface area contributed by atoms with Crippen LogP contribution in [0.25, 0.3) is 0 Å². The lowest BCUT2D eigenvalue weighted by atomic mass is 10.1. The van der Waals surface area contributed by atoms with Crippen LogP contribution in [0.4, 0.5) is 5.69 Å². The number of hydrogen-bond acceptors (Lipinski definition) is 3. The molecule has 2 amide bonds. The fraction of sp³-hybridized carbons (Fsp3) is 0.556. The highest BCUT2D eigenvalue weighted by Gasteiger charge is 2.39. The van der Waals surface area contributed by atoms with Crippen molar-refractivity contribution in [3.63, 3.8) is 0 Å². The van der Waals surface area contributed by atoms with E-state index in [0.717, 1.165) is 16.8 Å². The monoisotopic (exact) mass is 316 g/mol. The standard InChI is InChI=1S/C18H24N2O3/c1-12-5-4-6-16(14(12)3)20-10-15(9-17(20)21)18(22)19-7-8-23-11-13(19)2/h4-6,13,15H,7-11H2,1-3H3/t13-,15-/m0/s1. The number of carbonyl (C=O) groups is 2. The SMILES string of the molecule is Cc1cccc(N2C[C@@H](C(=O)N3CCOC[C@@H]3C)CC2=O)c1C. The van der Waals surface area contributed by atoms with Crippen molar-refractivity contribution in [1.29, 1.82) is 0 Å². The molecule has 0 N–H and O–H groups in total. The number of ether oxygens (including phenoxy) is 1. The summed E-state index contributed by atoms with van der Waals surface area (Å²) in [4.78, 5) is 28.9. The molecule has 2 aliphatic heterocycles. The minimum atomic E-state index is -0.247. The largest absolute Gasteiger partial charge is 0.377 e. The van der Waals surface area contributed by atoms with Crippen LogP contribution in [0, 0.1) is 19.8 Å². The van der Waals surface area contributed by atoms with Gasteiger partial charge in [-0.2, -0.15) is 0 Å². The molecule has 1 aromatic carbocycles. The molecule has 0 unspecified atom stereocenters. The highest BCUT2D eigenvalue weighted by atomic mass is 16.5. The molecule has 0 bridgehead atoms. The van der Waals surface area contributed by atoms with Crippen LogP contribution in [0.15, 0.2) is 18.2 Å². The van der Waals surface area contributed by atoms with Gasteiger partial charge in [0.1, 0.15) is 0 Å². The van der Waals surface area contributed by atoms with Crippen LogP contribution in [0.1, 0.15) is 24.5 Å². The minimum absolute atomic E-state index is 0.0398. The average Bonchev–Trinajstić information content (AvgIpc) is 2.92. The Kier molecular flexibility index (Phi) is 4.39. The average molecular weight is 316 g/mol. The van der Waals surface area contributed by atoms with Crippen LogP contribution in [0.5, 0.6) is 0 Å². The Morgan fingerprint density at radius 1 is 1.30 bits per heavy atom. The molecule has 0 aliphatic carbocycles. The molecule has 0 aromatic heterocycles. The van der Waals surface area contributed by atoms with E-state index >= 15 is 0 Å². The molecule has 0 saturated carbocycles. The summed E-state index contributed by atoms with van der Waals surface area (Å²) in [5.41, 5.74) is 3.20. The van der Waals surface area contributed by atoms with Crippen LogP contribution in [0.2, 0.25) is 0 Å². The Morgan fingerprint density at radius 3 is 2.83 bits per heavy atom. The molecule has 0 radical (unpaired) electrons. The molecule has 23 heavy (non-hydrogen) atoms. The van der Waals surface area contributed by atoms with Gasteiger partial charge in [0.15, 0.2) is 0 Å². The van der Waals surface area contributed by atoms with Crippen LogP contribution >= 0.6 is 0 Å². The summed E-state index contributed by atoms with van der Waals surface area (Å²) < 4.78 is 5.39. The fourth-order valence-electron chi connectivity index (χ4n) is 3.42. The maximum atomic E-state index is 12.8. The van der Waals surface area contributed by atoms with Crippen LogP contribution in [-0.4, -0.2) is 49.1 Å². The third kappa shape index (κ3) is 2.98. The van der Waals surface area contributed by atoms with Gasteiger partial charge in [0.25, 0.3) is 0 Å². The number of carbonyl (C=O) groups excluding carboxylic acids is 2. The highest BCUT2D eigenvalue weighted by molar-refractivity contribution is 6.01. The quantitative estimate of drug-likeness (QED) is 0.837. The van der Waals surface area contributed by atoms with Crippen molar-refractivity contribution >= 4 is 17.5 Å². The molecule has 3 rings (SSSR count). The number of aryl methyl sites for hydroxylation is 1. The van der Waals surface area contributed by atoms with E-state index in [1.54, 1.807) is 4.90 Å². The lowest BCUT2D eigenvalue weighted by Crippen LogP contribution is -2.49. The first-order valence-corrected chi connectivity index (χ1v) is 8.24. The second kappa shape index (κ2) is 6.32. The van der Waals surface area contributed by atoms with Crippen molar-refractivity contribution < 1.29 is 14.3 Å². The van der Waals surface area contributed by atoms with Crippen molar-refractivity contribution in [3.05, 3.63) is 29.3 Å². The van der Waals surface area contributed by atoms with E-state index in [4.69, 9.17) is 4.74 Å². The molecule has 5 nitrogen and oxygen atoms in total. The summed E-state index contributed by atoms with van der Waals surface area (Å²) in [5.74, 6) is -0.122. The van der Waals surface area contributed by atoms with Crippen LogP contribution in [-0.2, 0) is 14.3 Å². The van der Waals surface area contributed by atoms with E-state index in [9.17, 15) is 9.59 Å². The summed E-state index contributed by atoms with van der Waals surface area (Å²) in [6.07, 6.45) is 0.302. The van der Waals surface area contributed by atoms with Crippen LogP contribution < -0.4 is 4.90 Å². The highest BCUT2D eigenvalue weighted by Crippen LogP contribution is 2.30. The second-order valence-electron chi connectivity index (χ2n) is 6.58. The Labute approximate surface area is 137 Å². The summed E-state index contributed by atoms with van der Waals surface area (Å²) in [5, 5.41) is 0. The first kappa shape index (κ1) is 16.0. The van der Waals surface area contributed by atoms with E-state index in [0.29, 0.717) is 32.7 Å². The van der Waals surface area contributed by atoms with E-state index in [2.05, 4.69) is 0 Å². The lowest BCUT2D eigenvalue weighted by Gasteiger charge is -2.35. The Morgan fingerprint density at radius 2 is 2.09 bits per heavy atom. The molecule has 0 spiro atoms. The summed E-state index contributed by atoms with van der Waals surface area (Å²) in [7, 11) is 0. The fourth-order valence-corrected chi connectivity index (χ4v) is 3.42. The molecule has 2 aliphatic rings. The maximum Gasteiger partial charge on any atom is 0.228 e. The molecule has 2 fully saturated rings. The molecule has 1 aromatic rings. The maximum absolute atomic E-state index is 12.8. The topological polar surface area (TPSA) is 49.9 Å². The van der Waals surface area contributed by atoms with Gasteiger partial charge in [0.05, 0.1) is 25.2 Å². The van der Waals surface area contributed by atoms with Crippen molar-refractivity contribution in [2.75, 3.05) is 31.2 Å². The third-order valence-electron chi connectivity index (χ3n) is 4.99. The van der Waals surface area contributed by atoms with Crippen molar-refractivity contribution in [1.82, 2.24) is 4.90 Å². The predicted octanol–water partition coefficient (Wildman–Crippen LogP) is 1.90. The van der Waals surface area contributed by atoms with Gasteiger partial charge in [-0.15, -0.1) is 0 Å². The lowest BCUT2D eigenvalue weighted by molar-refractivity contribution is -0.143. The second-order valence-corrected chi connectivity index (χ2v) is 6.58. The van der Waals surface area contributed by atoms with Gasteiger partial charge in [-0.1, -0.05) is 12.1 Å². The molecule has 2 saturated heterocycles. The van der Waals surface area contributed by atoms with Crippen molar-refractivity contribution in [2.45, 2.75) is 33.2 Å². The minimum Gasteiger partial charge on any atom is -0.377 e. The normalized spacial score (nSPS) is 25.1. The molecule has 5 heteroatoms. The van der Waals surface area contributed by atoms with E-state index in [-0.39, 0.29) is 23.8 Å². The number of anilines is 1. The molecule has 2 atom stereocenters. The van der Waals surface area contributed by atoms with Gasteiger partial charge in [-0.05, 0) is 38.0 Å². The van der Waals surface area contributed by atoms with Gasteiger partial charge < -0.3 is 14.5 Å². The first-order valence-electron chi connectivity index (χ1n) is 8.24. The molecular formula is C18H24N2O3. The summed E-state index contributed by atoms with van der Waals surface area (Å²) in [6.45, 7) is 8.32. The zero-order chi connectivity index (χ0) is 16.6. The van der Waals surface area contributed by atoms with Gasteiger partial charge in [0.2, 0.25) is 11.8 Å². The summed E-state index contributed by atoms with van der Waals surface area (Å²) >= 11 is 0. The number of rotatable bonds is 2. The number of morpholine rings is 1. The Hall–Kier alpha value is -1.88.